The number of aromatic nitrogens is 1. The highest BCUT2D eigenvalue weighted by Gasteiger charge is 2.29. The molecule has 1 aliphatic heterocycles. The van der Waals surface area contributed by atoms with Crippen LogP contribution in [0.15, 0.2) is 60.8 Å². The Morgan fingerprint density at radius 1 is 1.23 bits per heavy atom. The highest BCUT2D eigenvalue weighted by atomic mass is 35.5. The van der Waals surface area contributed by atoms with Gasteiger partial charge in [0, 0.05) is 40.6 Å². The number of halogens is 2. The summed E-state index contributed by atoms with van der Waals surface area (Å²) in [4.78, 5) is 18.4. The molecule has 3 aromatic rings. The monoisotopic (exact) mass is 425 g/mol. The number of rotatable bonds is 7. The van der Waals surface area contributed by atoms with Gasteiger partial charge in [-0.15, -0.1) is 0 Å². The molecule has 1 aromatic heterocycles. The Morgan fingerprint density at radius 2 is 2.07 bits per heavy atom. The van der Waals surface area contributed by atoms with Crippen molar-refractivity contribution in [1.29, 1.82) is 0 Å². The van der Waals surface area contributed by atoms with Crippen molar-refractivity contribution in [3.63, 3.8) is 0 Å². The van der Waals surface area contributed by atoms with E-state index in [-0.39, 0.29) is 17.6 Å². The van der Waals surface area contributed by atoms with Crippen LogP contribution < -0.4 is 15.0 Å². The molecule has 1 fully saturated rings. The molecule has 4 rings (SSSR count). The van der Waals surface area contributed by atoms with Crippen molar-refractivity contribution in [2.24, 2.45) is 0 Å². The molecule has 2 heterocycles. The predicted octanol–water partition coefficient (Wildman–Crippen LogP) is 5.48. The van der Waals surface area contributed by atoms with Gasteiger partial charge >= 0.3 is 0 Å². The summed E-state index contributed by atoms with van der Waals surface area (Å²) in [5, 5.41) is 3.59. The minimum atomic E-state index is -0.458. The van der Waals surface area contributed by atoms with Gasteiger partial charge in [0.1, 0.15) is 11.9 Å². The standard InChI is InChI=1S/C23H21ClFN3O2/c1-2-21(29)15-4-3-5-17(10-15)27-23-12-18(8-9-26-23)28-13-19(14-28)30-22-7-6-16(24)11-20(22)25/h3-12,19H,2,13-14H2,1H3,(H,26,27). The molecule has 2 aromatic carbocycles. The first-order chi connectivity index (χ1) is 14.5. The topological polar surface area (TPSA) is 54.5 Å². The first-order valence-electron chi connectivity index (χ1n) is 9.75. The van der Waals surface area contributed by atoms with Crippen molar-refractivity contribution in [3.05, 3.63) is 77.2 Å². The number of Topliss-reactive ketones (excluding diaryl/α,β-unsaturated/α-hetero) is 1. The zero-order valence-electron chi connectivity index (χ0n) is 16.4. The molecule has 30 heavy (non-hydrogen) atoms. The summed E-state index contributed by atoms with van der Waals surface area (Å²) < 4.78 is 19.6. The summed E-state index contributed by atoms with van der Waals surface area (Å²) in [5.41, 5.74) is 2.47. The Hall–Kier alpha value is -3.12. The Kier molecular flexibility index (Phi) is 5.86. The van der Waals surface area contributed by atoms with Gasteiger partial charge < -0.3 is 15.0 Å². The zero-order valence-corrected chi connectivity index (χ0v) is 17.2. The van der Waals surface area contributed by atoms with Crippen molar-refractivity contribution in [3.8, 4) is 5.75 Å². The lowest BCUT2D eigenvalue weighted by Gasteiger charge is -2.40. The van der Waals surface area contributed by atoms with Crippen LogP contribution in [0.1, 0.15) is 23.7 Å². The number of ketones is 1. The molecule has 1 saturated heterocycles. The molecule has 0 saturated carbocycles. The summed E-state index contributed by atoms with van der Waals surface area (Å²) in [6.45, 7) is 3.14. The van der Waals surface area contributed by atoms with Crippen LogP contribution in [0.25, 0.3) is 0 Å². The van der Waals surface area contributed by atoms with Crippen LogP contribution in [0.5, 0.6) is 5.75 Å². The van der Waals surface area contributed by atoms with Crippen molar-refractivity contribution in [2.45, 2.75) is 19.4 Å². The van der Waals surface area contributed by atoms with Gasteiger partial charge in [0.25, 0.3) is 0 Å². The van der Waals surface area contributed by atoms with Gasteiger partial charge in [-0.1, -0.05) is 30.7 Å². The number of nitrogens with one attached hydrogen (secondary N) is 1. The molecule has 7 heteroatoms. The smallest absolute Gasteiger partial charge is 0.166 e. The van der Waals surface area contributed by atoms with E-state index in [9.17, 15) is 9.18 Å². The van der Waals surface area contributed by atoms with E-state index in [1.54, 1.807) is 18.3 Å². The van der Waals surface area contributed by atoms with Gasteiger partial charge in [0.2, 0.25) is 0 Å². The van der Waals surface area contributed by atoms with Crippen LogP contribution in [-0.2, 0) is 0 Å². The number of pyridine rings is 1. The second kappa shape index (κ2) is 8.71. The number of ether oxygens (including phenoxy) is 1. The maximum atomic E-state index is 13.9. The zero-order chi connectivity index (χ0) is 21.1. The Labute approximate surface area is 179 Å². The van der Waals surface area contributed by atoms with E-state index in [4.69, 9.17) is 16.3 Å². The predicted molar refractivity (Wildman–Crippen MR) is 117 cm³/mol. The second-order valence-corrected chi connectivity index (χ2v) is 7.54. The average molecular weight is 426 g/mol. The van der Waals surface area contributed by atoms with Gasteiger partial charge in [0.05, 0.1) is 13.1 Å². The van der Waals surface area contributed by atoms with Gasteiger partial charge in [-0.05, 0) is 36.4 Å². The molecule has 0 radical (unpaired) electrons. The van der Waals surface area contributed by atoms with E-state index < -0.39 is 5.82 Å². The third kappa shape index (κ3) is 4.54. The number of hydrogen-bond donors (Lipinski definition) is 1. The molecule has 0 bridgehead atoms. The molecule has 0 aliphatic carbocycles. The highest BCUT2D eigenvalue weighted by Crippen LogP contribution is 2.28. The highest BCUT2D eigenvalue weighted by molar-refractivity contribution is 6.30. The van der Waals surface area contributed by atoms with Crippen LogP contribution in [-0.4, -0.2) is 30.0 Å². The fraction of sp³-hybridized carbons (Fsp3) is 0.217. The fourth-order valence-corrected chi connectivity index (χ4v) is 3.44. The van der Waals surface area contributed by atoms with E-state index in [1.165, 1.54) is 6.07 Å². The molecule has 1 N–H and O–H groups in total. The van der Waals surface area contributed by atoms with Crippen molar-refractivity contribution >= 4 is 34.6 Å². The molecule has 0 atom stereocenters. The van der Waals surface area contributed by atoms with E-state index in [0.717, 1.165) is 11.4 Å². The summed E-state index contributed by atoms with van der Waals surface area (Å²) in [5.74, 6) is 0.536. The second-order valence-electron chi connectivity index (χ2n) is 7.10. The van der Waals surface area contributed by atoms with E-state index >= 15 is 0 Å². The molecule has 0 spiro atoms. The third-order valence-corrected chi connectivity index (χ3v) is 5.16. The average Bonchev–Trinajstić information content (AvgIpc) is 2.71. The lowest BCUT2D eigenvalue weighted by molar-refractivity contribution is 0.0988. The number of carbonyl (C=O) groups is 1. The maximum absolute atomic E-state index is 13.9. The lowest BCUT2D eigenvalue weighted by atomic mass is 10.1. The minimum Gasteiger partial charge on any atom is -0.484 e. The van der Waals surface area contributed by atoms with Crippen molar-refractivity contribution < 1.29 is 13.9 Å². The molecule has 0 unspecified atom stereocenters. The number of nitrogens with zero attached hydrogens (tertiary/aromatic N) is 2. The SMILES string of the molecule is CCC(=O)c1cccc(Nc2cc(N3CC(Oc4ccc(Cl)cc4F)C3)ccn2)c1. The molecule has 154 valence electrons. The Morgan fingerprint density at radius 3 is 2.83 bits per heavy atom. The molecular weight excluding hydrogens is 405 g/mol. The Balaban J connectivity index is 1.38. The van der Waals surface area contributed by atoms with Gasteiger partial charge in [-0.25, -0.2) is 9.37 Å². The van der Waals surface area contributed by atoms with Crippen molar-refractivity contribution in [1.82, 2.24) is 4.98 Å². The summed E-state index contributed by atoms with van der Waals surface area (Å²) in [7, 11) is 0. The summed E-state index contributed by atoms with van der Waals surface area (Å²) in [6.07, 6.45) is 2.10. The van der Waals surface area contributed by atoms with Crippen LogP contribution in [0.3, 0.4) is 0 Å². The summed E-state index contributed by atoms with van der Waals surface area (Å²) in [6, 6.07) is 15.6. The molecule has 5 nitrogen and oxygen atoms in total. The largest absolute Gasteiger partial charge is 0.484 e. The number of anilines is 3. The minimum absolute atomic E-state index is 0.0954. The van der Waals surface area contributed by atoms with Gasteiger partial charge in [0.15, 0.2) is 17.3 Å². The van der Waals surface area contributed by atoms with Crippen LogP contribution >= 0.6 is 11.6 Å². The molecular formula is C23H21ClFN3O2. The fourth-order valence-electron chi connectivity index (χ4n) is 3.28. The lowest BCUT2D eigenvalue weighted by Crippen LogP contribution is -2.54. The van der Waals surface area contributed by atoms with Crippen LogP contribution in [0, 0.1) is 5.82 Å². The molecule has 1 aliphatic rings. The maximum Gasteiger partial charge on any atom is 0.166 e. The summed E-state index contributed by atoms with van der Waals surface area (Å²) >= 11 is 5.78. The Bertz CT molecular complexity index is 1070. The number of benzene rings is 2. The quantitative estimate of drug-likeness (QED) is 0.508. The van der Waals surface area contributed by atoms with Crippen LogP contribution in [0.4, 0.5) is 21.6 Å². The van der Waals surface area contributed by atoms with Gasteiger partial charge in [-0.3, -0.25) is 4.79 Å². The van der Waals surface area contributed by atoms with Crippen molar-refractivity contribution in [2.75, 3.05) is 23.3 Å². The first kappa shape index (κ1) is 20.2. The van der Waals surface area contributed by atoms with Gasteiger partial charge in [-0.2, -0.15) is 0 Å². The van der Waals surface area contributed by atoms with E-state index in [2.05, 4.69) is 15.2 Å². The normalized spacial score (nSPS) is 13.6. The van der Waals surface area contributed by atoms with E-state index in [0.29, 0.717) is 35.9 Å². The first-order valence-corrected chi connectivity index (χ1v) is 10.1. The van der Waals surface area contributed by atoms with Crippen LogP contribution in [0.2, 0.25) is 5.02 Å². The number of carbonyl (C=O) groups excluding carboxylic acids is 1. The number of hydrogen-bond acceptors (Lipinski definition) is 5. The third-order valence-electron chi connectivity index (χ3n) is 4.92. The van der Waals surface area contributed by atoms with E-state index in [1.807, 2.05) is 43.3 Å². The molecule has 0 amide bonds.